The lowest BCUT2D eigenvalue weighted by molar-refractivity contribution is 0.206. The molecular formula is C17H29N3O3S2. The molecule has 142 valence electrons. The van der Waals surface area contributed by atoms with Crippen LogP contribution in [0.15, 0.2) is 26.7 Å². The second kappa shape index (κ2) is 9.54. The van der Waals surface area contributed by atoms with Gasteiger partial charge in [0.1, 0.15) is 4.21 Å². The quantitative estimate of drug-likeness (QED) is 0.492. The van der Waals surface area contributed by atoms with E-state index < -0.39 is 15.9 Å². The van der Waals surface area contributed by atoms with Crippen LogP contribution in [0.2, 0.25) is 0 Å². The van der Waals surface area contributed by atoms with Gasteiger partial charge in [0.15, 0.2) is 15.8 Å². The lowest BCUT2D eigenvalue weighted by Crippen LogP contribution is -2.45. The van der Waals surface area contributed by atoms with Crippen molar-refractivity contribution in [1.29, 1.82) is 0 Å². The molecule has 0 saturated heterocycles. The van der Waals surface area contributed by atoms with Gasteiger partial charge in [0.05, 0.1) is 18.4 Å². The molecule has 0 bridgehead atoms. The molecular weight excluding hydrogens is 358 g/mol. The highest BCUT2D eigenvalue weighted by Gasteiger charge is 2.21. The van der Waals surface area contributed by atoms with Crippen LogP contribution in [0.4, 0.5) is 0 Å². The van der Waals surface area contributed by atoms with Crippen LogP contribution < -0.4 is 10.6 Å². The van der Waals surface area contributed by atoms with Crippen LogP contribution in [-0.2, 0) is 9.84 Å². The lowest BCUT2D eigenvalue weighted by atomic mass is 9.87. The van der Waals surface area contributed by atoms with Crippen LogP contribution in [-0.4, -0.2) is 50.5 Å². The monoisotopic (exact) mass is 387 g/mol. The van der Waals surface area contributed by atoms with Crippen molar-refractivity contribution in [2.75, 3.05) is 18.8 Å². The number of hydrogen-bond acceptors (Lipinski definition) is 5. The molecule has 0 amide bonds. The Bertz CT molecular complexity index is 636. The second-order valence-electron chi connectivity index (χ2n) is 6.69. The smallest absolute Gasteiger partial charge is 0.191 e. The topological polar surface area (TPSA) is 90.8 Å². The van der Waals surface area contributed by atoms with Crippen LogP contribution in [0.1, 0.15) is 39.5 Å². The Morgan fingerprint density at radius 3 is 2.72 bits per heavy atom. The maximum atomic E-state index is 12.2. The molecule has 25 heavy (non-hydrogen) atoms. The molecule has 1 heterocycles. The van der Waals surface area contributed by atoms with Gasteiger partial charge in [0.25, 0.3) is 0 Å². The van der Waals surface area contributed by atoms with Crippen molar-refractivity contribution in [3.63, 3.8) is 0 Å². The van der Waals surface area contributed by atoms with Gasteiger partial charge in [-0.3, -0.25) is 4.99 Å². The van der Waals surface area contributed by atoms with Gasteiger partial charge < -0.3 is 15.7 Å². The molecule has 1 unspecified atom stereocenters. The molecule has 1 aromatic heterocycles. The van der Waals surface area contributed by atoms with Crippen LogP contribution >= 0.6 is 11.3 Å². The average molecular weight is 388 g/mol. The molecule has 1 aliphatic rings. The highest BCUT2D eigenvalue weighted by atomic mass is 32.2. The molecule has 3 N–H and O–H groups in total. The van der Waals surface area contributed by atoms with Gasteiger partial charge in [-0.15, -0.1) is 11.3 Å². The summed E-state index contributed by atoms with van der Waals surface area (Å²) in [5, 5.41) is 18.4. The third-order valence-electron chi connectivity index (χ3n) is 4.37. The zero-order valence-corrected chi connectivity index (χ0v) is 16.6. The molecule has 0 spiro atoms. The van der Waals surface area contributed by atoms with Crippen molar-refractivity contribution < 1.29 is 13.5 Å². The zero-order chi connectivity index (χ0) is 18.3. The number of rotatable bonds is 7. The number of aliphatic hydroxyl groups is 1. The summed E-state index contributed by atoms with van der Waals surface area (Å²) >= 11 is 1.17. The van der Waals surface area contributed by atoms with Gasteiger partial charge in [0, 0.05) is 12.6 Å². The molecule has 0 aliphatic heterocycles. The number of nitrogens with one attached hydrogen (secondary N) is 2. The zero-order valence-electron chi connectivity index (χ0n) is 14.9. The van der Waals surface area contributed by atoms with Gasteiger partial charge in [-0.05, 0) is 50.0 Å². The number of aliphatic imine (C=N–C) groups is 1. The molecule has 1 fully saturated rings. The maximum Gasteiger partial charge on any atom is 0.191 e. The van der Waals surface area contributed by atoms with Crippen molar-refractivity contribution in [2.24, 2.45) is 10.9 Å². The summed E-state index contributed by atoms with van der Waals surface area (Å²) in [5.74, 6) is 1.12. The third-order valence-corrected chi connectivity index (χ3v) is 7.66. The second-order valence-corrected chi connectivity index (χ2v) is 9.90. The third kappa shape index (κ3) is 6.60. The Kier molecular flexibility index (Phi) is 7.71. The minimum atomic E-state index is -3.45. The molecule has 1 aromatic rings. The van der Waals surface area contributed by atoms with Crippen molar-refractivity contribution in [3.8, 4) is 0 Å². The number of nitrogens with zero attached hydrogens (tertiary/aromatic N) is 1. The van der Waals surface area contributed by atoms with E-state index >= 15 is 0 Å². The van der Waals surface area contributed by atoms with Gasteiger partial charge in [-0.1, -0.05) is 13.0 Å². The molecule has 8 heteroatoms. The first-order chi connectivity index (χ1) is 11.9. The van der Waals surface area contributed by atoms with Crippen LogP contribution in [0.3, 0.4) is 0 Å². The van der Waals surface area contributed by atoms with E-state index in [9.17, 15) is 13.5 Å². The average Bonchev–Trinajstić information content (AvgIpc) is 3.10. The number of sulfone groups is 1. The molecule has 1 atom stereocenters. The van der Waals surface area contributed by atoms with Gasteiger partial charge >= 0.3 is 0 Å². The molecule has 0 aromatic carbocycles. The van der Waals surface area contributed by atoms with E-state index in [0.29, 0.717) is 12.0 Å². The number of guanidine groups is 1. The number of aliphatic hydroxyl groups excluding tert-OH is 1. The minimum absolute atomic E-state index is 0.0586. The maximum absolute atomic E-state index is 12.2. The van der Waals surface area contributed by atoms with Crippen molar-refractivity contribution in [2.45, 2.75) is 55.9 Å². The number of thiophene rings is 1. The largest absolute Gasteiger partial charge is 0.390 e. The van der Waals surface area contributed by atoms with Crippen molar-refractivity contribution in [3.05, 3.63) is 17.5 Å². The molecule has 2 rings (SSSR count). The highest BCUT2D eigenvalue weighted by molar-refractivity contribution is 7.93. The van der Waals surface area contributed by atoms with E-state index in [1.165, 1.54) is 24.2 Å². The highest BCUT2D eigenvalue weighted by Crippen LogP contribution is 2.23. The Morgan fingerprint density at radius 2 is 2.12 bits per heavy atom. The van der Waals surface area contributed by atoms with Crippen LogP contribution in [0.25, 0.3) is 0 Å². The first kappa shape index (κ1) is 20.2. The summed E-state index contributed by atoms with van der Waals surface area (Å²) in [5.41, 5.74) is 0. The van der Waals surface area contributed by atoms with Gasteiger partial charge in [-0.2, -0.15) is 0 Å². The Morgan fingerprint density at radius 1 is 1.40 bits per heavy atom. The fourth-order valence-corrected chi connectivity index (χ4v) is 5.41. The normalized spacial score (nSPS) is 23.2. The van der Waals surface area contributed by atoms with Gasteiger partial charge in [0.2, 0.25) is 0 Å². The predicted octanol–water partition coefficient (Wildman–Crippen LogP) is 2.02. The molecule has 0 radical (unpaired) electrons. The molecule has 1 saturated carbocycles. The summed E-state index contributed by atoms with van der Waals surface area (Å²) in [6.07, 6.45) is 3.62. The van der Waals surface area contributed by atoms with Crippen molar-refractivity contribution in [1.82, 2.24) is 10.6 Å². The van der Waals surface area contributed by atoms with E-state index in [2.05, 4.69) is 22.5 Å². The van der Waals surface area contributed by atoms with E-state index in [-0.39, 0.29) is 16.5 Å². The van der Waals surface area contributed by atoms with Crippen LogP contribution in [0, 0.1) is 5.92 Å². The first-order valence-electron chi connectivity index (χ1n) is 8.90. The standard InChI is InChI=1S/C17H29N3O3S2/c1-3-18-17(20-14-8-6-13(2)7-9-14)19-11-15(21)12-25(22,23)16-5-4-10-24-16/h4-5,10,13-15,21H,3,6-9,11-12H2,1-2H3,(H2,18,19,20). The fraction of sp³-hybridized carbons (Fsp3) is 0.706. The summed E-state index contributed by atoms with van der Waals surface area (Å²) in [7, 11) is -3.45. The number of hydrogen-bond donors (Lipinski definition) is 3. The van der Waals surface area contributed by atoms with Crippen LogP contribution in [0.5, 0.6) is 0 Å². The van der Waals surface area contributed by atoms with Crippen molar-refractivity contribution >= 4 is 27.1 Å². The van der Waals surface area contributed by atoms with E-state index in [4.69, 9.17) is 0 Å². The minimum Gasteiger partial charge on any atom is -0.390 e. The predicted molar refractivity (Wildman–Crippen MR) is 103 cm³/mol. The summed E-state index contributed by atoms with van der Waals surface area (Å²) < 4.78 is 24.7. The summed E-state index contributed by atoms with van der Waals surface area (Å²) in [6, 6.07) is 3.65. The SMILES string of the molecule is CCNC(=NCC(O)CS(=O)(=O)c1cccs1)NC1CCC(C)CC1. The van der Waals surface area contributed by atoms with E-state index in [1.807, 2.05) is 6.92 Å². The molecule has 1 aliphatic carbocycles. The Hall–Kier alpha value is -1.12. The van der Waals surface area contributed by atoms with E-state index in [1.54, 1.807) is 17.5 Å². The Labute approximate surface area is 154 Å². The van der Waals surface area contributed by atoms with E-state index in [0.717, 1.165) is 25.3 Å². The fourth-order valence-electron chi connectivity index (χ4n) is 2.94. The Balaban J connectivity index is 1.89. The first-order valence-corrected chi connectivity index (χ1v) is 11.4. The lowest BCUT2D eigenvalue weighted by Gasteiger charge is -2.28. The summed E-state index contributed by atoms with van der Waals surface area (Å²) in [6.45, 7) is 5.04. The summed E-state index contributed by atoms with van der Waals surface area (Å²) in [4.78, 5) is 4.38. The van der Waals surface area contributed by atoms with Gasteiger partial charge in [-0.25, -0.2) is 8.42 Å². The molecule has 6 nitrogen and oxygen atoms in total.